The first kappa shape index (κ1) is 14.7. The summed E-state index contributed by atoms with van der Waals surface area (Å²) in [5, 5.41) is 17.2. The molecule has 1 atom stereocenters. The molecule has 4 N–H and O–H groups in total. The third-order valence-electron chi connectivity index (χ3n) is 1.95. The summed E-state index contributed by atoms with van der Waals surface area (Å²) >= 11 is 1.45. The lowest BCUT2D eigenvalue weighted by Gasteiger charge is -2.27. The van der Waals surface area contributed by atoms with Crippen LogP contribution >= 0.6 is 11.8 Å². The molecule has 6 heteroatoms. The van der Waals surface area contributed by atoms with Gasteiger partial charge < -0.3 is 20.7 Å². The quantitative estimate of drug-likeness (QED) is 0.511. The molecule has 0 bridgehead atoms. The second-order valence-corrected chi connectivity index (χ2v) is 5.35. The number of ether oxygens (including phenoxy) is 1. The van der Waals surface area contributed by atoms with Gasteiger partial charge >= 0.3 is 5.97 Å². The summed E-state index contributed by atoms with van der Waals surface area (Å²) in [4.78, 5) is 10.7. The fourth-order valence-electron chi connectivity index (χ4n) is 0.917. The smallest absolute Gasteiger partial charge is 0.321 e. The van der Waals surface area contributed by atoms with E-state index in [1.807, 2.05) is 0 Å². The Kier molecular flexibility index (Phi) is 6.91. The molecule has 0 unspecified atom stereocenters. The van der Waals surface area contributed by atoms with E-state index in [1.165, 1.54) is 11.8 Å². The van der Waals surface area contributed by atoms with Crippen LogP contribution in [-0.2, 0) is 9.53 Å². The van der Waals surface area contributed by atoms with Gasteiger partial charge in [0.05, 0.1) is 19.8 Å². The Hall–Kier alpha value is -0.300. The number of aliphatic hydroxyl groups excluding tert-OH is 1. The van der Waals surface area contributed by atoms with Crippen LogP contribution in [0.5, 0.6) is 0 Å². The zero-order valence-electron chi connectivity index (χ0n) is 9.10. The van der Waals surface area contributed by atoms with Crippen LogP contribution in [0.4, 0.5) is 0 Å². The molecule has 0 amide bonds. The molecule has 0 saturated carbocycles. The van der Waals surface area contributed by atoms with Crippen molar-refractivity contribution in [3.8, 4) is 0 Å². The van der Waals surface area contributed by atoms with Crippen molar-refractivity contribution in [2.75, 3.05) is 25.6 Å². The number of hydrogen-bond donors (Lipinski definition) is 3. The summed E-state index contributed by atoms with van der Waals surface area (Å²) in [7, 11) is 0. The van der Waals surface area contributed by atoms with Crippen molar-refractivity contribution >= 4 is 17.7 Å². The van der Waals surface area contributed by atoms with Crippen molar-refractivity contribution in [1.82, 2.24) is 0 Å². The molecule has 5 nitrogen and oxygen atoms in total. The van der Waals surface area contributed by atoms with Gasteiger partial charge in [0.1, 0.15) is 6.04 Å². The van der Waals surface area contributed by atoms with Gasteiger partial charge in [0.25, 0.3) is 0 Å². The van der Waals surface area contributed by atoms with E-state index >= 15 is 0 Å². The standard InChI is InChI=1S/C9H19NO4S/c1-9(2,7(10)8(12)13)15-6-5-14-4-3-11/h7,11H,3-6,10H2,1-2H3,(H,12,13)/t7-/m0/s1. The predicted molar refractivity (Wildman–Crippen MR) is 60.1 cm³/mol. The zero-order chi connectivity index (χ0) is 11.9. The second-order valence-electron chi connectivity index (χ2n) is 3.60. The van der Waals surface area contributed by atoms with E-state index in [9.17, 15) is 4.79 Å². The molecule has 90 valence electrons. The number of carbonyl (C=O) groups is 1. The number of aliphatic carboxylic acids is 1. The van der Waals surface area contributed by atoms with Gasteiger partial charge in [-0.25, -0.2) is 0 Å². The lowest BCUT2D eigenvalue weighted by atomic mass is 10.1. The summed E-state index contributed by atoms with van der Waals surface area (Å²) in [6, 6.07) is -0.889. The van der Waals surface area contributed by atoms with Gasteiger partial charge in [-0.2, -0.15) is 11.8 Å². The summed E-state index contributed by atoms with van der Waals surface area (Å²) < 4.78 is 4.54. The van der Waals surface area contributed by atoms with Crippen LogP contribution in [0.1, 0.15) is 13.8 Å². The number of aliphatic hydroxyl groups is 1. The van der Waals surface area contributed by atoms with E-state index in [0.29, 0.717) is 19.0 Å². The Morgan fingerprint density at radius 3 is 2.60 bits per heavy atom. The van der Waals surface area contributed by atoms with Gasteiger partial charge in [-0.15, -0.1) is 0 Å². The van der Waals surface area contributed by atoms with E-state index in [1.54, 1.807) is 13.8 Å². The maximum Gasteiger partial charge on any atom is 0.321 e. The first-order valence-electron chi connectivity index (χ1n) is 4.72. The Labute approximate surface area is 94.0 Å². The number of carboxylic acid groups (broad SMARTS) is 1. The predicted octanol–water partition coefficient (Wildman–Crippen LogP) is -0.0810. The molecule has 0 aromatic carbocycles. The third kappa shape index (κ3) is 5.99. The SMILES string of the molecule is CC(C)(SCCOCCO)[C@@H](N)C(=O)O. The summed E-state index contributed by atoms with van der Waals surface area (Å²) in [6.45, 7) is 4.39. The number of carboxylic acids is 1. The van der Waals surface area contributed by atoms with Crippen LogP contribution in [-0.4, -0.2) is 52.5 Å². The van der Waals surface area contributed by atoms with E-state index < -0.39 is 16.8 Å². The third-order valence-corrected chi connectivity index (χ3v) is 3.32. The highest BCUT2D eigenvalue weighted by Crippen LogP contribution is 2.27. The highest BCUT2D eigenvalue weighted by Gasteiger charge is 2.32. The van der Waals surface area contributed by atoms with Gasteiger partial charge in [-0.3, -0.25) is 4.79 Å². The Morgan fingerprint density at radius 1 is 1.53 bits per heavy atom. The maximum atomic E-state index is 10.7. The minimum absolute atomic E-state index is 0.00268. The number of rotatable bonds is 8. The zero-order valence-corrected chi connectivity index (χ0v) is 9.92. The van der Waals surface area contributed by atoms with Crippen molar-refractivity contribution in [2.45, 2.75) is 24.6 Å². The first-order chi connectivity index (χ1) is 6.91. The summed E-state index contributed by atoms with van der Waals surface area (Å²) in [5.74, 6) is -0.336. The fourth-order valence-corrected chi connectivity index (χ4v) is 1.93. The largest absolute Gasteiger partial charge is 0.480 e. The molecule has 0 heterocycles. The molecule has 0 saturated heterocycles. The highest BCUT2D eigenvalue weighted by molar-refractivity contribution is 8.00. The number of thioether (sulfide) groups is 1. The Balaban J connectivity index is 3.78. The lowest BCUT2D eigenvalue weighted by molar-refractivity contribution is -0.139. The number of hydrogen-bond acceptors (Lipinski definition) is 5. The molecule has 0 aliphatic heterocycles. The second kappa shape index (κ2) is 7.05. The van der Waals surface area contributed by atoms with Crippen LogP contribution in [0.25, 0.3) is 0 Å². The minimum Gasteiger partial charge on any atom is -0.480 e. The van der Waals surface area contributed by atoms with Crippen LogP contribution in [0.2, 0.25) is 0 Å². The van der Waals surface area contributed by atoms with Crippen molar-refractivity contribution in [2.24, 2.45) is 5.73 Å². The number of nitrogens with two attached hydrogens (primary N) is 1. The topological polar surface area (TPSA) is 92.8 Å². The highest BCUT2D eigenvalue weighted by atomic mass is 32.2. The Bertz CT molecular complexity index is 199. The molecule has 0 aromatic heterocycles. The van der Waals surface area contributed by atoms with Crippen LogP contribution in [0, 0.1) is 0 Å². The monoisotopic (exact) mass is 237 g/mol. The van der Waals surface area contributed by atoms with E-state index in [-0.39, 0.29) is 6.61 Å². The van der Waals surface area contributed by atoms with Crippen LogP contribution in [0.15, 0.2) is 0 Å². The molecular weight excluding hydrogens is 218 g/mol. The lowest BCUT2D eigenvalue weighted by Crippen LogP contribution is -2.47. The van der Waals surface area contributed by atoms with Gasteiger partial charge in [0, 0.05) is 10.5 Å². The first-order valence-corrected chi connectivity index (χ1v) is 5.71. The van der Waals surface area contributed by atoms with Crippen molar-refractivity contribution < 1.29 is 19.7 Å². The molecule has 0 fully saturated rings. The normalized spacial score (nSPS) is 13.9. The van der Waals surface area contributed by atoms with Gasteiger partial charge in [-0.1, -0.05) is 0 Å². The molecule has 0 aromatic rings. The van der Waals surface area contributed by atoms with Crippen LogP contribution < -0.4 is 5.73 Å². The van der Waals surface area contributed by atoms with E-state index in [2.05, 4.69) is 0 Å². The van der Waals surface area contributed by atoms with E-state index in [0.717, 1.165) is 0 Å². The summed E-state index contributed by atoms with van der Waals surface area (Å²) in [6.07, 6.45) is 0. The van der Waals surface area contributed by atoms with Crippen molar-refractivity contribution in [1.29, 1.82) is 0 Å². The Morgan fingerprint density at radius 2 is 2.13 bits per heavy atom. The van der Waals surface area contributed by atoms with E-state index in [4.69, 9.17) is 20.7 Å². The summed E-state index contributed by atoms with van der Waals surface area (Å²) in [5.41, 5.74) is 5.53. The molecular formula is C9H19NO4S. The molecule has 0 aliphatic rings. The molecule has 15 heavy (non-hydrogen) atoms. The average Bonchev–Trinajstić information content (AvgIpc) is 2.16. The molecule has 0 rings (SSSR count). The van der Waals surface area contributed by atoms with Crippen LogP contribution in [0.3, 0.4) is 0 Å². The van der Waals surface area contributed by atoms with Gasteiger partial charge in [0.15, 0.2) is 0 Å². The van der Waals surface area contributed by atoms with Crippen molar-refractivity contribution in [3.05, 3.63) is 0 Å². The maximum absolute atomic E-state index is 10.7. The van der Waals surface area contributed by atoms with Gasteiger partial charge in [0.2, 0.25) is 0 Å². The molecule has 0 aliphatic carbocycles. The molecule has 0 spiro atoms. The molecule has 0 radical (unpaired) electrons. The van der Waals surface area contributed by atoms with Crippen molar-refractivity contribution in [3.63, 3.8) is 0 Å². The van der Waals surface area contributed by atoms with Gasteiger partial charge in [-0.05, 0) is 13.8 Å². The minimum atomic E-state index is -0.997. The fraction of sp³-hybridized carbons (Fsp3) is 0.889. The average molecular weight is 237 g/mol.